The zero-order valence-corrected chi connectivity index (χ0v) is 19.3. The minimum atomic E-state index is -0.501. The lowest BCUT2D eigenvalue weighted by Crippen LogP contribution is -2.32. The van der Waals surface area contributed by atoms with Gasteiger partial charge in [-0.1, -0.05) is 43.3 Å². The van der Waals surface area contributed by atoms with Gasteiger partial charge in [0.1, 0.15) is 0 Å². The highest BCUT2D eigenvalue weighted by atomic mass is 16.5. The summed E-state index contributed by atoms with van der Waals surface area (Å²) in [5.74, 6) is -0.898. The van der Waals surface area contributed by atoms with Gasteiger partial charge >= 0.3 is 5.97 Å². The van der Waals surface area contributed by atoms with Gasteiger partial charge in [0.15, 0.2) is 6.61 Å². The molecule has 7 heteroatoms. The van der Waals surface area contributed by atoms with Gasteiger partial charge in [0.2, 0.25) is 0 Å². The van der Waals surface area contributed by atoms with Crippen LogP contribution < -0.4 is 5.32 Å². The maximum Gasteiger partial charge on any atom is 0.339 e. The summed E-state index contributed by atoms with van der Waals surface area (Å²) in [6, 6.07) is 17.0. The van der Waals surface area contributed by atoms with Crippen LogP contribution >= 0.6 is 0 Å². The average Bonchev–Trinajstić information content (AvgIpc) is 2.85. The average molecular weight is 455 g/mol. The molecule has 7 nitrogen and oxygen atoms in total. The van der Waals surface area contributed by atoms with Gasteiger partial charge < -0.3 is 10.1 Å². The van der Waals surface area contributed by atoms with Crippen molar-refractivity contribution in [2.24, 2.45) is 0 Å². The molecular weight excluding hydrogens is 428 g/mol. The van der Waals surface area contributed by atoms with Crippen LogP contribution in [0.5, 0.6) is 0 Å². The molecule has 172 valence electrons. The summed E-state index contributed by atoms with van der Waals surface area (Å²) < 4.78 is 5.53. The number of hydrogen-bond donors (Lipinski definition) is 1. The third-order valence-corrected chi connectivity index (χ3v) is 6.23. The largest absolute Gasteiger partial charge is 0.452 e. The maximum absolute atomic E-state index is 13.3. The molecule has 1 amide bonds. The van der Waals surface area contributed by atoms with E-state index in [0.717, 1.165) is 58.3 Å². The van der Waals surface area contributed by atoms with Crippen molar-refractivity contribution in [1.29, 1.82) is 0 Å². The number of aryl methyl sites for hydroxylation is 1. The molecule has 0 bridgehead atoms. The fourth-order valence-corrected chi connectivity index (χ4v) is 4.55. The molecule has 0 atom stereocenters. The lowest BCUT2D eigenvalue weighted by molar-refractivity contribution is -0.119. The molecule has 0 aliphatic carbocycles. The summed E-state index contributed by atoms with van der Waals surface area (Å²) in [6.45, 7) is 6.04. The molecule has 2 aromatic carbocycles. The van der Waals surface area contributed by atoms with Gasteiger partial charge in [-0.25, -0.2) is 4.79 Å². The van der Waals surface area contributed by atoms with E-state index in [-0.39, 0.29) is 6.61 Å². The Morgan fingerprint density at radius 1 is 1.03 bits per heavy atom. The fraction of sp³-hybridized carbons (Fsp3) is 0.259. The number of amides is 1. The van der Waals surface area contributed by atoms with E-state index in [9.17, 15) is 9.59 Å². The molecule has 3 heterocycles. The first-order valence-corrected chi connectivity index (χ1v) is 11.5. The second-order valence-electron chi connectivity index (χ2n) is 8.50. The molecule has 1 N–H and O–H groups in total. The number of aromatic nitrogens is 2. The zero-order chi connectivity index (χ0) is 23.7. The number of nitrogens with one attached hydrogen (secondary N) is 1. The van der Waals surface area contributed by atoms with E-state index in [1.54, 1.807) is 0 Å². The molecular formula is C27H26N4O3. The Morgan fingerprint density at radius 2 is 1.74 bits per heavy atom. The van der Waals surface area contributed by atoms with E-state index < -0.39 is 11.9 Å². The number of esters is 1. The third-order valence-electron chi connectivity index (χ3n) is 6.23. The summed E-state index contributed by atoms with van der Waals surface area (Å²) >= 11 is 0. The molecule has 0 spiro atoms. The number of para-hydroxylation sites is 2. The van der Waals surface area contributed by atoms with Crippen LogP contribution in [-0.2, 0) is 22.5 Å². The Bertz CT molecular complexity index is 1420. The number of hydrogen-bond acceptors (Lipinski definition) is 6. The molecule has 0 saturated heterocycles. The van der Waals surface area contributed by atoms with Crippen molar-refractivity contribution in [3.8, 4) is 0 Å². The zero-order valence-electron chi connectivity index (χ0n) is 19.3. The van der Waals surface area contributed by atoms with Crippen molar-refractivity contribution in [2.45, 2.75) is 26.8 Å². The smallest absolute Gasteiger partial charge is 0.339 e. The van der Waals surface area contributed by atoms with Gasteiger partial charge in [-0.05, 0) is 31.7 Å². The molecule has 1 aliphatic heterocycles. The van der Waals surface area contributed by atoms with Crippen molar-refractivity contribution < 1.29 is 14.3 Å². The first kappa shape index (κ1) is 22.0. The number of carbonyl (C=O) groups excluding carboxylic acids is 2. The number of carbonyl (C=O) groups is 2. The SMILES string of the molecule is CCN1CCc2nc3ccccc3c(C(=O)OCC(=O)Nc3cc(C)nc4ccccc34)c2C1. The minimum Gasteiger partial charge on any atom is -0.452 e. The second-order valence-corrected chi connectivity index (χ2v) is 8.50. The van der Waals surface area contributed by atoms with Gasteiger partial charge in [0, 0.05) is 47.2 Å². The molecule has 0 radical (unpaired) electrons. The van der Waals surface area contributed by atoms with Gasteiger partial charge in [-0.15, -0.1) is 0 Å². The van der Waals surface area contributed by atoms with E-state index >= 15 is 0 Å². The standard InChI is InChI=1S/C27H26N4O3/c1-3-31-13-12-23-20(15-31)26(19-9-5-7-11-22(19)29-23)27(33)34-16-25(32)30-24-14-17(2)28-21-10-6-4-8-18(21)24/h4-11,14H,3,12-13,15-16H2,1-2H3,(H,28,30,32). The predicted octanol–water partition coefficient (Wildman–Crippen LogP) is 4.26. The predicted molar refractivity (Wildman–Crippen MR) is 132 cm³/mol. The van der Waals surface area contributed by atoms with E-state index in [1.165, 1.54) is 0 Å². The number of pyridine rings is 2. The van der Waals surface area contributed by atoms with E-state index in [0.29, 0.717) is 17.8 Å². The molecule has 1 aliphatic rings. The molecule has 2 aromatic heterocycles. The van der Waals surface area contributed by atoms with Crippen LogP contribution in [-0.4, -0.2) is 46.4 Å². The Labute approximate surface area is 197 Å². The van der Waals surface area contributed by atoms with Crippen LogP contribution in [0.4, 0.5) is 5.69 Å². The lowest BCUT2D eigenvalue weighted by atomic mass is 9.96. The molecule has 34 heavy (non-hydrogen) atoms. The van der Waals surface area contributed by atoms with Gasteiger partial charge in [-0.3, -0.25) is 19.7 Å². The Morgan fingerprint density at radius 3 is 2.50 bits per heavy atom. The fourth-order valence-electron chi connectivity index (χ4n) is 4.55. The topological polar surface area (TPSA) is 84.4 Å². The highest BCUT2D eigenvalue weighted by Crippen LogP contribution is 2.29. The van der Waals surface area contributed by atoms with Crippen LogP contribution in [0.25, 0.3) is 21.8 Å². The highest BCUT2D eigenvalue weighted by molar-refractivity contribution is 6.07. The van der Waals surface area contributed by atoms with Gasteiger partial charge in [0.05, 0.1) is 22.3 Å². The molecule has 5 rings (SSSR count). The van der Waals surface area contributed by atoms with Gasteiger partial charge in [0.25, 0.3) is 5.91 Å². The quantitative estimate of drug-likeness (QED) is 0.454. The number of nitrogens with zero attached hydrogens (tertiary/aromatic N) is 3. The number of benzene rings is 2. The second kappa shape index (κ2) is 9.19. The highest BCUT2D eigenvalue weighted by Gasteiger charge is 2.26. The first-order chi connectivity index (χ1) is 16.5. The van der Waals surface area contributed by atoms with Crippen molar-refractivity contribution in [3.63, 3.8) is 0 Å². The summed E-state index contributed by atoms with van der Waals surface area (Å²) in [5, 5.41) is 4.46. The normalized spacial score (nSPS) is 13.6. The van der Waals surface area contributed by atoms with Crippen molar-refractivity contribution >= 4 is 39.4 Å². The number of likely N-dealkylation sites (N-methyl/N-ethyl adjacent to an activating group) is 1. The minimum absolute atomic E-state index is 0.378. The molecule has 0 unspecified atom stereocenters. The van der Waals surface area contributed by atoms with Crippen molar-refractivity contribution in [3.05, 3.63) is 77.1 Å². The molecule has 0 saturated carbocycles. The Hall–Kier alpha value is -3.84. The Balaban J connectivity index is 1.39. The first-order valence-electron chi connectivity index (χ1n) is 11.5. The molecule has 0 fully saturated rings. The van der Waals surface area contributed by atoms with Crippen LogP contribution in [0.2, 0.25) is 0 Å². The summed E-state index contributed by atoms with van der Waals surface area (Å²) in [6.07, 6.45) is 0.781. The summed E-state index contributed by atoms with van der Waals surface area (Å²) in [7, 11) is 0. The van der Waals surface area contributed by atoms with E-state index in [2.05, 4.69) is 22.1 Å². The lowest BCUT2D eigenvalue weighted by Gasteiger charge is -2.28. The summed E-state index contributed by atoms with van der Waals surface area (Å²) in [5.41, 5.74) is 5.34. The number of anilines is 1. The van der Waals surface area contributed by atoms with E-state index in [1.807, 2.05) is 61.5 Å². The van der Waals surface area contributed by atoms with E-state index in [4.69, 9.17) is 9.72 Å². The van der Waals surface area contributed by atoms with Crippen LogP contribution in [0.15, 0.2) is 54.6 Å². The third kappa shape index (κ3) is 4.22. The van der Waals surface area contributed by atoms with Crippen LogP contribution in [0.1, 0.15) is 34.2 Å². The van der Waals surface area contributed by atoms with Crippen molar-refractivity contribution in [2.75, 3.05) is 25.0 Å². The maximum atomic E-state index is 13.3. The van der Waals surface area contributed by atoms with Gasteiger partial charge in [-0.2, -0.15) is 0 Å². The van der Waals surface area contributed by atoms with Crippen LogP contribution in [0.3, 0.4) is 0 Å². The number of fused-ring (bicyclic) bond motifs is 3. The number of ether oxygens (including phenoxy) is 1. The number of rotatable bonds is 5. The van der Waals surface area contributed by atoms with Crippen LogP contribution in [0, 0.1) is 6.92 Å². The monoisotopic (exact) mass is 454 g/mol. The van der Waals surface area contributed by atoms with Crippen molar-refractivity contribution in [1.82, 2.24) is 14.9 Å². The Kier molecular flexibility index (Phi) is 5.94. The molecule has 4 aromatic rings. The summed E-state index contributed by atoms with van der Waals surface area (Å²) in [4.78, 5) is 37.6.